The number of rotatable bonds is 1. The largest absolute Gasteiger partial charge is 0.354 e. The van der Waals surface area contributed by atoms with E-state index in [1.807, 2.05) is 30.0 Å². The highest BCUT2D eigenvalue weighted by Crippen LogP contribution is 2.30. The number of amides is 2. The zero-order chi connectivity index (χ0) is 14.3. The summed E-state index contributed by atoms with van der Waals surface area (Å²) in [6.07, 6.45) is 1.78. The number of carbonyl (C=O) groups is 2. The highest BCUT2D eigenvalue weighted by molar-refractivity contribution is 9.10. The zero-order valence-corrected chi connectivity index (χ0v) is 12.9. The van der Waals surface area contributed by atoms with Crippen LogP contribution in [0.4, 0.5) is 0 Å². The molecule has 2 saturated heterocycles. The normalized spacial score (nSPS) is 25.3. The van der Waals surface area contributed by atoms with Gasteiger partial charge in [-0.1, -0.05) is 22.0 Å². The van der Waals surface area contributed by atoms with E-state index in [1.54, 1.807) is 0 Å². The van der Waals surface area contributed by atoms with Gasteiger partial charge >= 0.3 is 0 Å². The van der Waals surface area contributed by atoms with Crippen molar-refractivity contribution in [1.82, 2.24) is 10.2 Å². The SMILES string of the molecule is Cc1c(Br)cccc1C(=O)N1CCC[C@H]2C(=O)NC[C@H]21. The molecule has 0 saturated carbocycles. The Morgan fingerprint density at radius 2 is 2.25 bits per heavy atom. The second-order valence-electron chi connectivity index (χ2n) is 5.47. The Hall–Kier alpha value is -1.36. The third-order valence-corrected chi connectivity index (χ3v) is 5.22. The lowest BCUT2D eigenvalue weighted by Gasteiger charge is -2.36. The van der Waals surface area contributed by atoms with Gasteiger partial charge in [0.05, 0.1) is 12.0 Å². The molecule has 2 aliphatic heterocycles. The van der Waals surface area contributed by atoms with Crippen molar-refractivity contribution < 1.29 is 9.59 Å². The smallest absolute Gasteiger partial charge is 0.254 e. The summed E-state index contributed by atoms with van der Waals surface area (Å²) in [4.78, 5) is 26.4. The van der Waals surface area contributed by atoms with Crippen LogP contribution >= 0.6 is 15.9 Å². The van der Waals surface area contributed by atoms with Crippen molar-refractivity contribution in [3.8, 4) is 0 Å². The highest BCUT2D eigenvalue weighted by Gasteiger charge is 2.42. The van der Waals surface area contributed by atoms with E-state index in [4.69, 9.17) is 0 Å². The first-order chi connectivity index (χ1) is 9.59. The van der Waals surface area contributed by atoms with E-state index >= 15 is 0 Å². The number of benzene rings is 1. The van der Waals surface area contributed by atoms with Crippen LogP contribution in [0.5, 0.6) is 0 Å². The van der Waals surface area contributed by atoms with Crippen molar-refractivity contribution in [2.45, 2.75) is 25.8 Å². The molecule has 0 bridgehead atoms. The highest BCUT2D eigenvalue weighted by atomic mass is 79.9. The van der Waals surface area contributed by atoms with Crippen LogP contribution in [0, 0.1) is 12.8 Å². The molecule has 2 amide bonds. The second-order valence-corrected chi connectivity index (χ2v) is 6.33. The Morgan fingerprint density at radius 1 is 1.45 bits per heavy atom. The van der Waals surface area contributed by atoms with Crippen molar-refractivity contribution in [2.75, 3.05) is 13.1 Å². The molecule has 2 aliphatic rings. The summed E-state index contributed by atoms with van der Waals surface area (Å²) in [5.41, 5.74) is 1.68. The molecule has 20 heavy (non-hydrogen) atoms. The molecule has 1 N–H and O–H groups in total. The summed E-state index contributed by atoms with van der Waals surface area (Å²) < 4.78 is 0.942. The summed E-state index contributed by atoms with van der Waals surface area (Å²) in [6.45, 7) is 3.26. The number of carbonyl (C=O) groups excluding carboxylic acids is 2. The van der Waals surface area contributed by atoms with Gasteiger partial charge in [-0.25, -0.2) is 0 Å². The number of piperidine rings is 1. The predicted octanol–water partition coefficient (Wildman–Crippen LogP) is 2.11. The van der Waals surface area contributed by atoms with Crippen molar-refractivity contribution >= 4 is 27.7 Å². The molecule has 2 fully saturated rings. The molecule has 0 aromatic heterocycles. The summed E-state index contributed by atoms with van der Waals surface area (Å²) in [7, 11) is 0. The Balaban J connectivity index is 1.90. The fraction of sp³-hybridized carbons (Fsp3) is 0.467. The average molecular weight is 337 g/mol. The van der Waals surface area contributed by atoms with Gasteiger partial charge in [0.1, 0.15) is 0 Å². The van der Waals surface area contributed by atoms with E-state index < -0.39 is 0 Å². The maximum absolute atomic E-state index is 12.8. The molecular weight excluding hydrogens is 320 g/mol. The van der Waals surface area contributed by atoms with Gasteiger partial charge in [-0.2, -0.15) is 0 Å². The van der Waals surface area contributed by atoms with E-state index in [1.165, 1.54) is 0 Å². The average Bonchev–Trinajstić information content (AvgIpc) is 2.83. The number of hydrogen-bond acceptors (Lipinski definition) is 2. The number of nitrogens with one attached hydrogen (secondary N) is 1. The minimum absolute atomic E-state index is 0.0159. The molecule has 106 valence electrons. The Morgan fingerprint density at radius 3 is 3.05 bits per heavy atom. The van der Waals surface area contributed by atoms with Gasteiger partial charge in [0.2, 0.25) is 5.91 Å². The number of halogens is 1. The van der Waals surface area contributed by atoms with Crippen LogP contribution in [0.25, 0.3) is 0 Å². The minimum Gasteiger partial charge on any atom is -0.354 e. The molecule has 1 aromatic carbocycles. The first-order valence-electron chi connectivity index (χ1n) is 6.93. The lowest BCUT2D eigenvalue weighted by Crippen LogP contribution is -2.48. The van der Waals surface area contributed by atoms with Gasteiger partial charge in [0, 0.05) is 23.1 Å². The summed E-state index contributed by atoms with van der Waals surface area (Å²) in [5, 5.41) is 2.88. The first kappa shape index (κ1) is 13.6. The van der Waals surface area contributed by atoms with E-state index in [0.717, 1.165) is 35.0 Å². The number of hydrogen-bond donors (Lipinski definition) is 1. The lowest BCUT2D eigenvalue weighted by molar-refractivity contribution is -0.123. The van der Waals surface area contributed by atoms with Gasteiger partial charge in [-0.15, -0.1) is 0 Å². The van der Waals surface area contributed by atoms with Crippen LogP contribution in [0.15, 0.2) is 22.7 Å². The van der Waals surface area contributed by atoms with Crippen molar-refractivity contribution in [1.29, 1.82) is 0 Å². The summed E-state index contributed by atoms with van der Waals surface area (Å²) in [6, 6.07) is 5.69. The Kier molecular flexibility index (Phi) is 3.54. The van der Waals surface area contributed by atoms with Crippen molar-refractivity contribution in [3.05, 3.63) is 33.8 Å². The molecule has 5 heteroatoms. The fourth-order valence-corrected chi connectivity index (χ4v) is 3.56. The van der Waals surface area contributed by atoms with Crippen LogP contribution < -0.4 is 5.32 Å². The number of nitrogens with zero attached hydrogens (tertiary/aromatic N) is 1. The van der Waals surface area contributed by atoms with Gasteiger partial charge in [0.15, 0.2) is 0 Å². The van der Waals surface area contributed by atoms with Crippen LogP contribution in [0.1, 0.15) is 28.8 Å². The van der Waals surface area contributed by atoms with Crippen molar-refractivity contribution in [3.63, 3.8) is 0 Å². The molecule has 0 spiro atoms. The van der Waals surface area contributed by atoms with E-state index in [-0.39, 0.29) is 23.8 Å². The monoisotopic (exact) mass is 336 g/mol. The second kappa shape index (κ2) is 5.20. The predicted molar refractivity (Wildman–Crippen MR) is 79.4 cm³/mol. The van der Waals surface area contributed by atoms with Gasteiger partial charge < -0.3 is 10.2 Å². The molecule has 1 aromatic rings. The zero-order valence-electron chi connectivity index (χ0n) is 11.4. The molecule has 2 atom stereocenters. The topological polar surface area (TPSA) is 49.4 Å². The van der Waals surface area contributed by atoms with E-state index in [9.17, 15) is 9.59 Å². The van der Waals surface area contributed by atoms with Crippen LogP contribution in [0.2, 0.25) is 0 Å². The Bertz CT molecular complexity index is 573. The van der Waals surface area contributed by atoms with Gasteiger partial charge in [-0.05, 0) is 37.5 Å². The number of likely N-dealkylation sites (tertiary alicyclic amines) is 1. The van der Waals surface area contributed by atoms with E-state index in [2.05, 4.69) is 21.2 Å². The minimum atomic E-state index is -0.0276. The first-order valence-corrected chi connectivity index (χ1v) is 7.72. The molecule has 0 unspecified atom stereocenters. The Labute approximate surface area is 126 Å². The molecule has 0 radical (unpaired) electrons. The third-order valence-electron chi connectivity index (χ3n) is 4.36. The molecule has 2 heterocycles. The molecule has 0 aliphatic carbocycles. The standard InChI is InChI=1S/C15H17BrN2O2/c1-9-10(4-2-6-12(9)16)15(20)18-7-3-5-11-13(18)8-17-14(11)19/h2,4,6,11,13H,3,5,7-8H2,1H3,(H,17,19)/t11-,13-/m1/s1. The van der Waals surface area contributed by atoms with E-state index in [0.29, 0.717) is 6.54 Å². The van der Waals surface area contributed by atoms with Gasteiger partial charge in [-0.3, -0.25) is 9.59 Å². The number of fused-ring (bicyclic) bond motifs is 1. The van der Waals surface area contributed by atoms with Crippen LogP contribution in [-0.4, -0.2) is 35.8 Å². The van der Waals surface area contributed by atoms with Gasteiger partial charge in [0.25, 0.3) is 5.91 Å². The summed E-state index contributed by atoms with van der Waals surface area (Å²) >= 11 is 3.47. The maximum Gasteiger partial charge on any atom is 0.254 e. The molecule has 3 rings (SSSR count). The summed E-state index contributed by atoms with van der Waals surface area (Å²) in [5.74, 6) is 0.105. The van der Waals surface area contributed by atoms with Crippen LogP contribution in [0.3, 0.4) is 0 Å². The lowest BCUT2D eigenvalue weighted by atomic mass is 9.90. The van der Waals surface area contributed by atoms with Crippen molar-refractivity contribution in [2.24, 2.45) is 5.92 Å². The van der Waals surface area contributed by atoms with Crippen LogP contribution in [-0.2, 0) is 4.79 Å². The fourth-order valence-electron chi connectivity index (χ4n) is 3.20. The third kappa shape index (κ3) is 2.14. The molecule has 4 nitrogen and oxygen atoms in total. The maximum atomic E-state index is 12.8. The molecular formula is C15H17BrN2O2. The quantitative estimate of drug-likeness (QED) is 0.853.